The molecule has 2 rings (SSSR count). The van der Waals surface area contributed by atoms with Gasteiger partial charge in [-0.2, -0.15) is 13.2 Å². The summed E-state index contributed by atoms with van der Waals surface area (Å²) in [7, 11) is 0. The highest BCUT2D eigenvalue weighted by Gasteiger charge is 2.33. The Labute approximate surface area is 86.3 Å². The van der Waals surface area contributed by atoms with Crippen LogP contribution in [-0.2, 0) is 6.18 Å². The van der Waals surface area contributed by atoms with E-state index in [0.717, 1.165) is 11.6 Å². The van der Waals surface area contributed by atoms with Crippen LogP contribution in [0.3, 0.4) is 0 Å². The van der Waals surface area contributed by atoms with Crippen LogP contribution in [0.15, 0.2) is 18.3 Å². The summed E-state index contributed by atoms with van der Waals surface area (Å²) >= 11 is 0. The largest absolute Gasteiger partial charge is 0.433 e. The van der Waals surface area contributed by atoms with Crippen molar-refractivity contribution in [1.29, 1.82) is 0 Å². The molecule has 82 valence electrons. The van der Waals surface area contributed by atoms with Crippen molar-refractivity contribution < 1.29 is 13.2 Å². The van der Waals surface area contributed by atoms with E-state index in [1.165, 1.54) is 19.0 Å². The monoisotopic (exact) mass is 215 g/mol. The Morgan fingerprint density at radius 2 is 2.00 bits per heavy atom. The highest BCUT2D eigenvalue weighted by molar-refractivity contribution is 5.21. The van der Waals surface area contributed by atoms with E-state index >= 15 is 0 Å². The number of hydrogen-bond donors (Lipinski definition) is 0. The number of nitrogens with zero attached hydrogens (tertiary/aromatic N) is 1. The minimum absolute atomic E-state index is 0.333. The van der Waals surface area contributed by atoms with Crippen LogP contribution in [0.1, 0.15) is 36.9 Å². The molecule has 0 saturated heterocycles. The van der Waals surface area contributed by atoms with Crippen molar-refractivity contribution in [2.45, 2.75) is 31.9 Å². The maximum atomic E-state index is 12.2. The highest BCUT2D eigenvalue weighted by Crippen LogP contribution is 2.42. The van der Waals surface area contributed by atoms with Gasteiger partial charge in [-0.3, -0.25) is 4.98 Å². The molecule has 1 heterocycles. The van der Waals surface area contributed by atoms with E-state index in [9.17, 15) is 13.2 Å². The molecule has 1 aliphatic rings. The average Bonchev–Trinajstić information content (AvgIpc) is 2.99. The summed E-state index contributed by atoms with van der Waals surface area (Å²) in [5, 5.41) is 0. The molecule has 0 aliphatic heterocycles. The Morgan fingerprint density at radius 3 is 2.40 bits per heavy atom. The summed E-state index contributed by atoms with van der Waals surface area (Å²) in [4.78, 5) is 3.46. The smallest absolute Gasteiger partial charge is 0.251 e. The van der Waals surface area contributed by atoms with E-state index in [4.69, 9.17) is 0 Å². The molecule has 0 radical (unpaired) electrons. The van der Waals surface area contributed by atoms with Gasteiger partial charge in [0.2, 0.25) is 0 Å². The molecule has 1 aliphatic carbocycles. The molecule has 0 amide bonds. The first-order valence-electron chi connectivity index (χ1n) is 5.01. The number of hydrogen-bond acceptors (Lipinski definition) is 1. The number of alkyl halides is 3. The van der Waals surface area contributed by atoms with Crippen LogP contribution in [0.2, 0.25) is 0 Å². The molecule has 0 unspecified atom stereocenters. The lowest BCUT2D eigenvalue weighted by molar-refractivity contribution is -0.141. The summed E-state index contributed by atoms with van der Waals surface area (Å²) < 4.78 is 36.7. The van der Waals surface area contributed by atoms with Crippen LogP contribution < -0.4 is 0 Å². The molecule has 1 atom stereocenters. The molecule has 1 nitrogen and oxygen atoms in total. The van der Waals surface area contributed by atoms with Crippen molar-refractivity contribution in [2.75, 3.05) is 0 Å². The van der Waals surface area contributed by atoms with Gasteiger partial charge >= 0.3 is 6.18 Å². The average molecular weight is 215 g/mol. The number of aromatic nitrogens is 1. The van der Waals surface area contributed by atoms with E-state index < -0.39 is 11.9 Å². The molecule has 1 aromatic rings. The SMILES string of the molecule is C[C@H](c1ccc(C(F)(F)F)nc1)C1CC1. The van der Waals surface area contributed by atoms with Gasteiger partial charge in [0.1, 0.15) is 5.69 Å². The number of rotatable bonds is 2. The van der Waals surface area contributed by atoms with E-state index in [0.29, 0.717) is 11.8 Å². The van der Waals surface area contributed by atoms with Crippen molar-refractivity contribution >= 4 is 0 Å². The minimum Gasteiger partial charge on any atom is -0.251 e. The van der Waals surface area contributed by atoms with Crippen LogP contribution >= 0.6 is 0 Å². The van der Waals surface area contributed by atoms with Gasteiger partial charge < -0.3 is 0 Å². The normalized spacial score (nSPS) is 18.9. The van der Waals surface area contributed by atoms with Crippen molar-refractivity contribution in [3.63, 3.8) is 0 Å². The Bertz CT molecular complexity index is 338. The van der Waals surface area contributed by atoms with Crippen LogP contribution in [0.4, 0.5) is 13.2 Å². The van der Waals surface area contributed by atoms with Gasteiger partial charge in [-0.25, -0.2) is 0 Å². The van der Waals surface area contributed by atoms with Crippen molar-refractivity contribution in [3.05, 3.63) is 29.6 Å². The standard InChI is InChI=1S/C11H12F3N/c1-7(8-2-3-8)9-4-5-10(15-6-9)11(12,13)14/h4-8H,2-3H2,1H3/t7-/m0/s1. The Hall–Kier alpha value is -1.06. The van der Waals surface area contributed by atoms with Crippen LogP contribution in [0, 0.1) is 5.92 Å². The van der Waals surface area contributed by atoms with Gasteiger partial charge in [0.05, 0.1) is 0 Å². The Kier molecular flexibility index (Phi) is 2.44. The van der Waals surface area contributed by atoms with Crippen molar-refractivity contribution in [3.8, 4) is 0 Å². The lowest BCUT2D eigenvalue weighted by atomic mass is 9.98. The first-order chi connectivity index (χ1) is 6.98. The van der Waals surface area contributed by atoms with E-state index in [2.05, 4.69) is 4.98 Å². The molecule has 1 saturated carbocycles. The summed E-state index contributed by atoms with van der Waals surface area (Å²) in [6.45, 7) is 2.04. The van der Waals surface area contributed by atoms with Gasteiger partial charge in [-0.05, 0) is 36.3 Å². The lowest BCUT2D eigenvalue weighted by Crippen LogP contribution is -2.08. The molecular weight excluding hydrogens is 203 g/mol. The zero-order chi connectivity index (χ0) is 11.1. The van der Waals surface area contributed by atoms with Gasteiger partial charge in [-0.1, -0.05) is 13.0 Å². The zero-order valence-electron chi connectivity index (χ0n) is 8.38. The lowest BCUT2D eigenvalue weighted by Gasteiger charge is -2.11. The van der Waals surface area contributed by atoms with Crippen LogP contribution in [0.25, 0.3) is 0 Å². The van der Waals surface area contributed by atoms with E-state index in [-0.39, 0.29) is 0 Å². The number of halogens is 3. The molecule has 15 heavy (non-hydrogen) atoms. The van der Waals surface area contributed by atoms with E-state index in [1.807, 2.05) is 6.92 Å². The maximum absolute atomic E-state index is 12.2. The van der Waals surface area contributed by atoms with Gasteiger partial charge in [-0.15, -0.1) is 0 Å². The predicted octanol–water partition coefficient (Wildman–Crippen LogP) is 3.61. The first kappa shape index (κ1) is 10.5. The molecule has 0 bridgehead atoms. The van der Waals surface area contributed by atoms with Gasteiger partial charge in [0.15, 0.2) is 0 Å². The topological polar surface area (TPSA) is 12.9 Å². The second kappa shape index (κ2) is 3.51. The van der Waals surface area contributed by atoms with Crippen LogP contribution in [-0.4, -0.2) is 4.98 Å². The summed E-state index contributed by atoms with van der Waals surface area (Å²) in [6.07, 6.45) is -0.614. The minimum atomic E-state index is -4.33. The Balaban J connectivity index is 2.16. The maximum Gasteiger partial charge on any atom is 0.433 e. The van der Waals surface area contributed by atoms with Gasteiger partial charge in [0.25, 0.3) is 0 Å². The van der Waals surface area contributed by atoms with Crippen LogP contribution in [0.5, 0.6) is 0 Å². The second-order valence-electron chi connectivity index (χ2n) is 4.10. The Morgan fingerprint density at radius 1 is 1.33 bits per heavy atom. The molecule has 1 aromatic heterocycles. The second-order valence-corrected chi connectivity index (χ2v) is 4.10. The third-order valence-electron chi connectivity index (χ3n) is 2.93. The van der Waals surface area contributed by atoms with Gasteiger partial charge in [0, 0.05) is 6.20 Å². The molecule has 4 heteroatoms. The summed E-state index contributed by atoms with van der Waals surface area (Å²) in [6, 6.07) is 2.60. The first-order valence-corrected chi connectivity index (χ1v) is 5.01. The molecule has 0 spiro atoms. The summed E-state index contributed by atoms with van der Waals surface area (Å²) in [5.41, 5.74) is 0.0970. The van der Waals surface area contributed by atoms with Crippen molar-refractivity contribution in [1.82, 2.24) is 4.98 Å². The fourth-order valence-corrected chi connectivity index (χ4v) is 1.71. The fourth-order valence-electron chi connectivity index (χ4n) is 1.71. The van der Waals surface area contributed by atoms with E-state index in [1.54, 1.807) is 6.07 Å². The third kappa shape index (κ3) is 2.30. The predicted molar refractivity (Wildman–Crippen MR) is 50.4 cm³/mol. The number of pyridine rings is 1. The molecule has 1 fully saturated rings. The highest BCUT2D eigenvalue weighted by atomic mass is 19.4. The third-order valence-corrected chi connectivity index (χ3v) is 2.93. The molecule has 0 aromatic carbocycles. The van der Waals surface area contributed by atoms with Crippen molar-refractivity contribution in [2.24, 2.45) is 5.92 Å². The molecule has 0 N–H and O–H groups in total. The molecular formula is C11H12F3N. The summed E-state index contributed by atoms with van der Waals surface area (Å²) in [5.74, 6) is 0.975. The zero-order valence-corrected chi connectivity index (χ0v) is 8.38. The fraction of sp³-hybridized carbons (Fsp3) is 0.545. The quantitative estimate of drug-likeness (QED) is 0.734.